The van der Waals surface area contributed by atoms with E-state index in [4.69, 9.17) is 0 Å². The Morgan fingerprint density at radius 1 is 1.15 bits per heavy atom. The molecule has 0 aromatic carbocycles. The molecule has 0 saturated heterocycles. The average Bonchev–Trinajstić information content (AvgIpc) is 2.67. The molecule has 1 aromatic heterocycles. The molecule has 1 heterocycles. The number of hydrogen-bond donors (Lipinski definition) is 2. The number of aromatic nitrogens is 1. The molecule has 0 atom stereocenters. The van der Waals surface area contributed by atoms with Gasteiger partial charge in [0.2, 0.25) is 5.43 Å². The summed E-state index contributed by atoms with van der Waals surface area (Å²) in [4.78, 5) is 37.3. The lowest BCUT2D eigenvalue weighted by Crippen LogP contribution is -2.35. The number of hydrogen-bond acceptors (Lipinski definition) is 3. The lowest BCUT2D eigenvalue weighted by Gasteiger charge is -2.14. The van der Waals surface area contributed by atoms with E-state index in [1.807, 2.05) is 0 Å². The van der Waals surface area contributed by atoms with Gasteiger partial charge < -0.3 is 15.2 Å². The maximum Gasteiger partial charge on any atom is 0.256 e. The third-order valence-electron chi connectivity index (χ3n) is 4.88. The summed E-state index contributed by atoms with van der Waals surface area (Å²) in [7, 11) is 1.48. The molecule has 2 rings (SSSR count). The summed E-state index contributed by atoms with van der Waals surface area (Å²) in [6, 6.07) is 0. The molecule has 6 nitrogen and oxygen atoms in total. The van der Waals surface area contributed by atoms with Crippen molar-refractivity contribution in [2.75, 3.05) is 13.6 Å². The molecule has 0 saturated carbocycles. The molecule has 0 unspecified atom stereocenters. The highest BCUT2D eigenvalue weighted by atomic mass is 16.2. The van der Waals surface area contributed by atoms with Crippen molar-refractivity contribution >= 4 is 11.8 Å². The highest BCUT2D eigenvalue weighted by molar-refractivity contribution is 5.99. The van der Waals surface area contributed by atoms with E-state index in [0.717, 1.165) is 25.7 Å². The van der Waals surface area contributed by atoms with E-state index in [2.05, 4.69) is 30.6 Å². The van der Waals surface area contributed by atoms with Crippen molar-refractivity contribution in [1.82, 2.24) is 15.2 Å². The minimum absolute atomic E-state index is 0.00361. The summed E-state index contributed by atoms with van der Waals surface area (Å²) in [6.45, 7) is 5.36. The first-order chi connectivity index (χ1) is 12.9. The van der Waals surface area contributed by atoms with E-state index < -0.39 is 17.2 Å². The fourth-order valence-electron chi connectivity index (χ4n) is 3.19. The molecule has 6 heteroatoms. The van der Waals surface area contributed by atoms with Crippen molar-refractivity contribution in [3.05, 3.63) is 45.4 Å². The lowest BCUT2D eigenvalue weighted by molar-refractivity contribution is 0.0952. The maximum absolute atomic E-state index is 12.6. The number of pyridine rings is 1. The second-order valence-electron chi connectivity index (χ2n) is 7.53. The van der Waals surface area contributed by atoms with Gasteiger partial charge in [-0.1, -0.05) is 25.5 Å². The van der Waals surface area contributed by atoms with Crippen LogP contribution in [0.2, 0.25) is 0 Å². The zero-order valence-corrected chi connectivity index (χ0v) is 16.6. The van der Waals surface area contributed by atoms with Gasteiger partial charge in [0, 0.05) is 32.5 Å². The summed E-state index contributed by atoms with van der Waals surface area (Å²) < 4.78 is 1.77. The van der Waals surface area contributed by atoms with Crippen LogP contribution < -0.4 is 16.1 Å². The number of amides is 2. The van der Waals surface area contributed by atoms with E-state index in [-0.39, 0.29) is 11.1 Å². The second-order valence-corrected chi connectivity index (χ2v) is 7.53. The van der Waals surface area contributed by atoms with Gasteiger partial charge in [-0.05, 0) is 44.4 Å². The maximum atomic E-state index is 12.6. The van der Waals surface area contributed by atoms with E-state index in [0.29, 0.717) is 19.0 Å². The quantitative estimate of drug-likeness (QED) is 0.688. The van der Waals surface area contributed by atoms with Gasteiger partial charge in [-0.15, -0.1) is 0 Å². The van der Waals surface area contributed by atoms with Crippen LogP contribution in [0.4, 0.5) is 0 Å². The standard InChI is InChI=1S/C21H31N3O3/c1-15(2)10-12-24-13-17(20(26)22-3)19(25)18(14-24)21(27)23-11-9-16-7-5-4-6-8-16/h7,13-15H,4-6,8-12H2,1-3H3,(H,22,26)(H,23,27). The minimum Gasteiger partial charge on any atom is -0.355 e. The Kier molecular flexibility index (Phi) is 7.82. The number of nitrogens with one attached hydrogen (secondary N) is 2. The van der Waals surface area contributed by atoms with Gasteiger partial charge in [0.25, 0.3) is 11.8 Å². The summed E-state index contributed by atoms with van der Waals surface area (Å²) in [6.07, 6.45) is 11.7. The fourth-order valence-corrected chi connectivity index (χ4v) is 3.19. The van der Waals surface area contributed by atoms with Crippen LogP contribution in [0, 0.1) is 5.92 Å². The Labute approximate surface area is 161 Å². The molecule has 2 N–H and O–H groups in total. The summed E-state index contributed by atoms with van der Waals surface area (Å²) in [5.74, 6) is -0.408. The van der Waals surface area contributed by atoms with Gasteiger partial charge in [-0.25, -0.2) is 0 Å². The van der Waals surface area contributed by atoms with Crippen LogP contribution in [0.15, 0.2) is 28.8 Å². The van der Waals surface area contributed by atoms with Crippen molar-refractivity contribution in [2.24, 2.45) is 5.92 Å². The molecule has 0 fully saturated rings. The Bertz CT molecular complexity index is 762. The first-order valence-electron chi connectivity index (χ1n) is 9.84. The Morgan fingerprint density at radius 3 is 2.44 bits per heavy atom. The molecule has 1 aliphatic carbocycles. The first kappa shape index (κ1) is 20.9. The Morgan fingerprint density at radius 2 is 1.85 bits per heavy atom. The molecular formula is C21H31N3O3. The minimum atomic E-state index is -0.524. The molecule has 0 radical (unpaired) electrons. The molecule has 27 heavy (non-hydrogen) atoms. The van der Waals surface area contributed by atoms with Gasteiger partial charge in [0.05, 0.1) is 0 Å². The van der Waals surface area contributed by atoms with Crippen molar-refractivity contribution in [3.63, 3.8) is 0 Å². The zero-order valence-electron chi connectivity index (χ0n) is 16.6. The van der Waals surface area contributed by atoms with E-state index >= 15 is 0 Å². The predicted octanol–water partition coefficient (Wildman–Crippen LogP) is 2.87. The molecule has 2 amide bonds. The summed E-state index contributed by atoms with van der Waals surface area (Å²) >= 11 is 0. The van der Waals surface area contributed by atoms with Crippen LogP contribution in [-0.4, -0.2) is 30.0 Å². The fraction of sp³-hybridized carbons (Fsp3) is 0.571. The van der Waals surface area contributed by atoms with Gasteiger partial charge >= 0.3 is 0 Å². The molecular weight excluding hydrogens is 342 g/mol. The molecule has 0 spiro atoms. The predicted molar refractivity (Wildman–Crippen MR) is 107 cm³/mol. The van der Waals surface area contributed by atoms with Crippen molar-refractivity contribution in [1.29, 1.82) is 0 Å². The summed E-state index contributed by atoms with van der Waals surface area (Å²) in [5, 5.41) is 5.31. The first-order valence-corrected chi connectivity index (χ1v) is 9.84. The number of carbonyl (C=O) groups excluding carboxylic acids is 2. The third kappa shape index (κ3) is 6.08. The number of rotatable bonds is 8. The Hall–Kier alpha value is -2.37. The number of aryl methyl sites for hydroxylation is 1. The number of nitrogens with zero attached hydrogens (tertiary/aromatic N) is 1. The molecule has 0 bridgehead atoms. The van der Waals surface area contributed by atoms with Crippen molar-refractivity contribution in [2.45, 2.75) is 58.9 Å². The topological polar surface area (TPSA) is 80.2 Å². The second kappa shape index (κ2) is 10.1. The Balaban J connectivity index is 2.15. The average molecular weight is 373 g/mol. The van der Waals surface area contributed by atoms with Gasteiger partial charge in [0.1, 0.15) is 11.1 Å². The third-order valence-corrected chi connectivity index (χ3v) is 4.88. The molecule has 148 valence electrons. The van der Waals surface area contributed by atoms with Gasteiger partial charge in [-0.3, -0.25) is 14.4 Å². The molecule has 1 aromatic rings. The van der Waals surface area contributed by atoms with Gasteiger partial charge in [-0.2, -0.15) is 0 Å². The monoisotopic (exact) mass is 373 g/mol. The number of allylic oxidation sites excluding steroid dienone is 1. The van der Waals surface area contributed by atoms with E-state index in [9.17, 15) is 14.4 Å². The van der Waals surface area contributed by atoms with Crippen LogP contribution in [0.25, 0.3) is 0 Å². The highest BCUT2D eigenvalue weighted by Crippen LogP contribution is 2.19. The summed E-state index contributed by atoms with van der Waals surface area (Å²) in [5.41, 5.74) is 0.876. The number of carbonyl (C=O) groups is 2. The highest BCUT2D eigenvalue weighted by Gasteiger charge is 2.18. The van der Waals surface area contributed by atoms with Crippen molar-refractivity contribution < 1.29 is 9.59 Å². The van der Waals surface area contributed by atoms with Crippen LogP contribution >= 0.6 is 0 Å². The van der Waals surface area contributed by atoms with Crippen molar-refractivity contribution in [3.8, 4) is 0 Å². The molecule has 0 aliphatic heterocycles. The van der Waals surface area contributed by atoms with E-state index in [1.165, 1.54) is 31.7 Å². The van der Waals surface area contributed by atoms with Crippen LogP contribution in [0.1, 0.15) is 73.1 Å². The van der Waals surface area contributed by atoms with Gasteiger partial charge in [0.15, 0.2) is 0 Å². The van der Waals surface area contributed by atoms with E-state index in [1.54, 1.807) is 10.8 Å². The smallest absolute Gasteiger partial charge is 0.256 e. The zero-order chi connectivity index (χ0) is 19.8. The SMILES string of the molecule is CNC(=O)c1cn(CCC(C)C)cc(C(=O)NCCC2=CCCCC2)c1=O. The van der Waals surface area contributed by atoms with Crippen LogP contribution in [0.5, 0.6) is 0 Å². The van der Waals surface area contributed by atoms with Crippen LogP contribution in [-0.2, 0) is 6.54 Å². The molecule has 1 aliphatic rings. The normalized spacial score (nSPS) is 14.0. The lowest BCUT2D eigenvalue weighted by atomic mass is 9.97. The van der Waals surface area contributed by atoms with Crippen LogP contribution in [0.3, 0.4) is 0 Å². The largest absolute Gasteiger partial charge is 0.355 e.